The molecule has 114 valence electrons. The Kier molecular flexibility index (Phi) is 4.67. The number of anilines is 1. The van der Waals surface area contributed by atoms with Gasteiger partial charge in [-0.3, -0.25) is 4.79 Å². The van der Waals surface area contributed by atoms with Gasteiger partial charge in [-0.05, 0) is 30.5 Å². The normalized spacial score (nSPS) is 22.3. The molecule has 3 heterocycles. The van der Waals surface area contributed by atoms with Crippen LogP contribution in [0.4, 0.5) is 5.82 Å². The molecule has 0 radical (unpaired) electrons. The molecule has 6 nitrogen and oxygen atoms in total. The van der Waals surface area contributed by atoms with E-state index in [9.17, 15) is 4.79 Å². The van der Waals surface area contributed by atoms with Gasteiger partial charge in [0.25, 0.3) is 0 Å². The third-order valence-corrected chi connectivity index (χ3v) is 3.83. The van der Waals surface area contributed by atoms with Crippen molar-refractivity contribution in [2.24, 2.45) is 0 Å². The number of amides is 1. The molecule has 2 aliphatic heterocycles. The number of rotatable bonds is 4. The van der Waals surface area contributed by atoms with E-state index in [0.717, 1.165) is 50.5 Å². The second-order valence-corrected chi connectivity index (χ2v) is 5.34. The van der Waals surface area contributed by atoms with Crippen LogP contribution in [0.3, 0.4) is 0 Å². The van der Waals surface area contributed by atoms with Gasteiger partial charge in [0.15, 0.2) is 0 Å². The summed E-state index contributed by atoms with van der Waals surface area (Å²) in [5.74, 6) is 0.930. The Bertz CT molecular complexity index is 483. The third kappa shape index (κ3) is 3.71. The Labute approximate surface area is 124 Å². The Hall–Kier alpha value is -1.66. The average Bonchev–Trinajstić information content (AvgIpc) is 3.08. The second-order valence-electron chi connectivity index (χ2n) is 5.34. The van der Waals surface area contributed by atoms with Crippen molar-refractivity contribution in [3.63, 3.8) is 0 Å². The summed E-state index contributed by atoms with van der Waals surface area (Å²) in [6.07, 6.45) is 3.30. The number of nitrogens with one attached hydrogen (secondary N) is 1. The highest BCUT2D eigenvalue weighted by Crippen LogP contribution is 2.15. The Morgan fingerprint density at radius 2 is 2.24 bits per heavy atom. The van der Waals surface area contributed by atoms with Gasteiger partial charge < -0.3 is 19.7 Å². The molecule has 2 fully saturated rings. The molecule has 21 heavy (non-hydrogen) atoms. The van der Waals surface area contributed by atoms with Crippen molar-refractivity contribution in [2.45, 2.75) is 25.5 Å². The van der Waals surface area contributed by atoms with E-state index in [2.05, 4.69) is 15.2 Å². The molecular weight excluding hydrogens is 270 g/mol. The van der Waals surface area contributed by atoms with Gasteiger partial charge in [0.05, 0.1) is 13.2 Å². The quantitative estimate of drug-likeness (QED) is 0.885. The van der Waals surface area contributed by atoms with E-state index in [1.807, 2.05) is 12.1 Å². The highest BCUT2D eigenvalue weighted by molar-refractivity contribution is 5.80. The number of nitrogens with zero attached hydrogens (tertiary/aromatic N) is 2. The van der Waals surface area contributed by atoms with E-state index in [4.69, 9.17) is 9.47 Å². The van der Waals surface area contributed by atoms with Crippen molar-refractivity contribution >= 4 is 11.7 Å². The molecule has 2 saturated heterocycles. The van der Waals surface area contributed by atoms with Gasteiger partial charge in [0.1, 0.15) is 11.9 Å². The number of morpholine rings is 1. The summed E-state index contributed by atoms with van der Waals surface area (Å²) in [6, 6.07) is 3.96. The Morgan fingerprint density at radius 3 is 3.00 bits per heavy atom. The number of carbonyl (C=O) groups excluding carboxylic acids is 1. The van der Waals surface area contributed by atoms with Crippen molar-refractivity contribution < 1.29 is 14.3 Å². The molecule has 0 aromatic carbocycles. The number of pyridine rings is 1. The monoisotopic (exact) mass is 291 g/mol. The third-order valence-electron chi connectivity index (χ3n) is 3.83. The van der Waals surface area contributed by atoms with Crippen molar-refractivity contribution in [3.05, 3.63) is 23.9 Å². The summed E-state index contributed by atoms with van der Waals surface area (Å²) in [7, 11) is 0. The van der Waals surface area contributed by atoms with Gasteiger partial charge in [-0.15, -0.1) is 0 Å². The zero-order valence-electron chi connectivity index (χ0n) is 12.1. The van der Waals surface area contributed by atoms with Crippen LogP contribution in [-0.2, 0) is 20.8 Å². The smallest absolute Gasteiger partial charge is 0.249 e. The van der Waals surface area contributed by atoms with Crippen LogP contribution in [0.25, 0.3) is 0 Å². The van der Waals surface area contributed by atoms with Crippen LogP contribution in [0.1, 0.15) is 18.4 Å². The summed E-state index contributed by atoms with van der Waals surface area (Å²) in [5.41, 5.74) is 1.05. The van der Waals surface area contributed by atoms with Crippen LogP contribution in [0.5, 0.6) is 0 Å². The highest BCUT2D eigenvalue weighted by Gasteiger charge is 2.23. The van der Waals surface area contributed by atoms with Gasteiger partial charge in [-0.1, -0.05) is 0 Å². The summed E-state index contributed by atoms with van der Waals surface area (Å²) in [4.78, 5) is 18.5. The van der Waals surface area contributed by atoms with E-state index in [1.165, 1.54) is 0 Å². The van der Waals surface area contributed by atoms with E-state index < -0.39 is 0 Å². The Morgan fingerprint density at radius 1 is 1.38 bits per heavy atom. The fraction of sp³-hybridized carbons (Fsp3) is 0.600. The first-order chi connectivity index (χ1) is 10.3. The highest BCUT2D eigenvalue weighted by atomic mass is 16.5. The van der Waals surface area contributed by atoms with Crippen LogP contribution in [0.15, 0.2) is 18.3 Å². The Balaban J connectivity index is 1.56. The zero-order chi connectivity index (χ0) is 14.5. The van der Waals surface area contributed by atoms with Crippen LogP contribution in [0, 0.1) is 0 Å². The molecule has 2 aliphatic rings. The standard InChI is InChI=1S/C15H21N3O3/c19-15(13-2-1-7-21-13)17-11-12-3-4-16-14(10-12)18-5-8-20-9-6-18/h3-4,10,13H,1-2,5-9,11H2,(H,17,19)/t13-/m1/s1. The van der Waals surface area contributed by atoms with Gasteiger partial charge in [-0.2, -0.15) is 0 Å². The minimum Gasteiger partial charge on any atom is -0.378 e. The maximum absolute atomic E-state index is 11.9. The lowest BCUT2D eigenvalue weighted by Gasteiger charge is -2.28. The maximum atomic E-state index is 11.9. The molecule has 1 N–H and O–H groups in total. The van der Waals surface area contributed by atoms with Gasteiger partial charge in [0, 0.05) is 32.4 Å². The van der Waals surface area contributed by atoms with Gasteiger partial charge >= 0.3 is 0 Å². The molecule has 0 spiro atoms. The first-order valence-corrected chi connectivity index (χ1v) is 7.50. The lowest BCUT2D eigenvalue weighted by atomic mass is 10.2. The second kappa shape index (κ2) is 6.87. The number of aromatic nitrogens is 1. The zero-order valence-corrected chi connectivity index (χ0v) is 12.1. The van der Waals surface area contributed by atoms with E-state index in [-0.39, 0.29) is 12.0 Å². The molecular formula is C15H21N3O3. The van der Waals surface area contributed by atoms with Crippen molar-refractivity contribution in [1.82, 2.24) is 10.3 Å². The topological polar surface area (TPSA) is 63.7 Å². The lowest BCUT2D eigenvalue weighted by Crippen LogP contribution is -2.37. The maximum Gasteiger partial charge on any atom is 0.249 e. The van der Waals surface area contributed by atoms with Crippen LogP contribution < -0.4 is 10.2 Å². The molecule has 1 aromatic rings. The van der Waals surface area contributed by atoms with Gasteiger partial charge in [0.2, 0.25) is 5.91 Å². The van der Waals surface area contributed by atoms with E-state index >= 15 is 0 Å². The van der Waals surface area contributed by atoms with Crippen molar-refractivity contribution in [2.75, 3.05) is 37.8 Å². The number of hydrogen-bond acceptors (Lipinski definition) is 5. The fourth-order valence-corrected chi connectivity index (χ4v) is 2.62. The largest absolute Gasteiger partial charge is 0.378 e. The van der Waals surface area contributed by atoms with Crippen LogP contribution >= 0.6 is 0 Å². The fourth-order valence-electron chi connectivity index (χ4n) is 2.62. The van der Waals surface area contributed by atoms with Gasteiger partial charge in [-0.25, -0.2) is 4.98 Å². The number of carbonyl (C=O) groups is 1. The van der Waals surface area contributed by atoms with E-state index in [1.54, 1.807) is 6.20 Å². The first kappa shape index (κ1) is 14.3. The molecule has 6 heteroatoms. The SMILES string of the molecule is O=C(NCc1ccnc(N2CCOCC2)c1)[C@H]1CCCO1. The molecule has 1 atom stereocenters. The lowest BCUT2D eigenvalue weighted by molar-refractivity contribution is -0.130. The first-order valence-electron chi connectivity index (χ1n) is 7.50. The minimum atomic E-state index is -0.273. The summed E-state index contributed by atoms with van der Waals surface area (Å²) < 4.78 is 10.7. The molecule has 0 bridgehead atoms. The molecule has 0 saturated carbocycles. The summed E-state index contributed by atoms with van der Waals surface area (Å²) >= 11 is 0. The average molecular weight is 291 g/mol. The van der Waals surface area contributed by atoms with Crippen LogP contribution in [-0.4, -0.2) is 49.9 Å². The van der Waals surface area contributed by atoms with Crippen LogP contribution in [0.2, 0.25) is 0 Å². The predicted octanol–water partition coefficient (Wildman–Crippen LogP) is 0.713. The molecule has 0 unspecified atom stereocenters. The molecule has 1 amide bonds. The van der Waals surface area contributed by atoms with Crippen molar-refractivity contribution in [3.8, 4) is 0 Å². The molecule has 0 aliphatic carbocycles. The minimum absolute atomic E-state index is 0.0164. The molecule has 1 aromatic heterocycles. The number of ether oxygens (including phenoxy) is 2. The van der Waals surface area contributed by atoms with Crippen molar-refractivity contribution in [1.29, 1.82) is 0 Å². The molecule has 3 rings (SSSR count). The predicted molar refractivity (Wildman–Crippen MR) is 78.1 cm³/mol. The summed E-state index contributed by atoms with van der Waals surface area (Å²) in [5, 5.41) is 2.94. The number of hydrogen-bond donors (Lipinski definition) is 1. The summed E-state index contributed by atoms with van der Waals surface area (Å²) in [6.45, 7) is 4.40. The van der Waals surface area contributed by atoms with E-state index in [0.29, 0.717) is 13.2 Å².